The fourth-order valence-corrected chi connectivity index (χ4v) is 5.17. The first-order chi connectivity index (χ1) is 17.2. The molecule has 1 N–H and O–H groups in total. The van der Waals surface area contributed by atoms with Crippen LogP contribution in [-0.2, 0) is 0 Å². The average Bonchev–Trinajstić information content (AvgIpc) is 3.36. The molecule has 6 rings (SSSR count). The lowest BCUT2D eigenvalue weighted by Gasteiger charge is -2.10. The summed E-state index contributed by atoms with van der Waals surface area (Å²) in [6.45, 7) is 0. The highest BCUT2D eigenvalue weighted by atomic mass is 79.9. The number of nitrogens with one attached hydrogen (secondary N) is 1. The van der Waals surface area contributed by atoms with Crippen LogP contribution in [0.4, 0.5) is 5.13 Å². The van der Waals surface area contributed by atoms with Gasteiger partial charge in [-0.2, -0.15) is 0 Å². The number of amides is 1. The zero-order valence-corrected chi connectivity index (χ0v) is 20.8. The van der Waals surface area contributed by atoms with Crippen LogP contribution in [-0.4, -0.2) is 15.9 Å². The Balaban J connectivity index is 1.36. The molecule has 0 atom stereocenters. The molecule has 1 amide bonds. The lowest BCUT2D eigenvalue weighted by Crippen LogP contribution is -2.13. The minimum atomic E-state index is -0.208. The number of thiazole rings is 1. The number of nitrogens with zero attached hydrogens (tertiary/aromatic N) is 2. The Morgan fingerprint density at radius 3 is 2.37 bits per heavy atom. The van der Waals surface area contributed by atoms with Crippen LogP contribution in [0, 0.1) is 0 Å². The number of halogens is 1. The Morgan fingerprint density at radius 1 is 0.771 bits per heavy atom. The predicted octanol–water partition coefficient (Wildman–Crippen LogP) is 8.19. The monoisotopic (exact) mass is 535 g/mol. The van der Waals surface area contributed by atoms with Crippen molar-refractivity contribution >= 4 is 60.0 Å². The average molecular weight is 536 g/mol. The maximum atomic E-state index is 13.4. The van der Waals surface area contributed by atoms with E-state index in [1.807, 2.05) is 78.2 Å². The topological polar surface area (TPSA) is 54.9 Å². The van der Waals surface area contributed by atoms with Gasteiger partial charge in [0.1, 0.15) is 0 Å². The zero-order chi connectivity index (χ0) is 23.8. The molecule has 0 radical (unpaired) electrons. The summed E-state index contributed by atoms with van der Waals surface area (Å²) in [5, 5.41) is 8.65. The van der Waals surface area contributed by atoms with Gasteiger partial charge in [0.25, 0.3) is 5.91 Å². The van der Waals surface area contributed by atoms with Gasteiger partial charge in [0.2, 0.25) is 0 Å². The summed E-state index contributed by atoms with van der Waals surface area (Å²) >= 11 is 4.89. The Kier molecular flexibility index (Phi) is 5.60. The lowest BCUT2D eigenvalue weighted by molar-refractivity contribution is 0.102. The number of para-hydroxylation sites is 1. The second-order valence-electron chi connectivity index (χ2n) is 8.10. The van der Waals surface area contributed by atoms with Crippen LogP contribution < -0.4 is 5.32 Å². The van der Waals surface area contributed by atoms with Crippen LogP contribution in [0.5, 0.6) is 0 Å². The molecule has 4 aromatic carbocycles. The van der Waals surface area contributed by atoms with Gasteiger partial charge in [0.15, 0.2) is 5.13 Å². The van der Waals surface area contributed by atoms with E-state index in [0.717, 1.165) is 48.7 Å². The van der Waals surface area contributed by atoms with Gasteiger partial charge in [-0.15, -0.1) is 11.3 Å². The van der Waals surface area contributed by atoms with Gasteiger partial charge in [0.05, 0.1) is 22.5 Å². The first-order valence-electron chi connectivity index (χ1n) is 11.1. The Labute approximate surface area is 214 Å². The largest absolute Gasteiger partial charge is 0.298 e. The van der Waals surface area contributed by atoms with E-state index in [1.54, 1.807) is 0 Å². The summed E-state index contributed by atoms with van der Waals surface area (Å²) < 4.78 is 0.991. The molecule has 0 aliphatic rings. The maximum Gasteiger partial charge on any atom is 0.258 e. The molecule has 6 aromatic rings. The Morgan fingerprint density at radius 2 is 1.51 bits per heavy atom. The molecule has 4 nitrogen and oxygen atoms in total. The van der Waals surface area contributed by atoms with Crippen LogP contribution in [0.1, 0.15) is 10.4 Å². The number of anilines is 1. The third kappa shape index (κ3) is 4.22. The summed E-state index contributed by atoms with van der Waals surface area (Å²) in [6, 6.07) is 31.9. The molecule has 0 saturated heterocycles. The highest BCUT2D eigenvalue weighted by Crippen LogP contribution is 2.32. The number of fused-ring (bicyclic) bond motifs is 2. The van der Waals surface area contributed by atoms with E-state index in [4.69, 9.17) is 9.97 Å². The van der Waals surface area contributed by atoms with Gasteiger partial charge in [-0.3, -0.25) is 10.1 Å². The van der Waals surface area contributed by atoms with Crippen LogP contribution in [0.3, 0.4) is 0 Å². The van der Waals surface area contributed by atoms with Crippen molar-refractivity contribution in [1.29, 1.82) is 0 Å². The molecule has 0 aliphatic carbocycles. The standard InChI is InChI=1S/C29H18BrN3OS/c30-20-14-12-19(13-15-20)26-16-24(23-9-3-4-11-25(23)31-26)28(34)33-29-32-27(17-35-29)22-10-5-7-18-6-1-2-8-21(18)22/h1-17H,(H,32,33,34). The number of benzene rings is 4. The quantitative estimate of drug-likeness (QED) is 0.247. The van der Waals surface area contributed by atoms with E-state index in [-0.39, 0.29) is 5.91 Å². The summed E-state index contributed by atoms with van der Waals surface area (Å²) in [4.78, 5) is 23.0. The van der Waals surface area contributed by atoms with Gasteiger partial charge in [0, 0.05) is 26.4 Å². The molecule has 2 heterocycles. The predicted molar refractivity (Wildman–Crippen MR) is 148 cm³/mol. The van der Waals surface area contributed by atoms with Crippen molar-refractivity contribution in [3.63, 3.8) is 0 Å². The van der Waals surface area contributed by atoms with Crippen molar-refractivity contribution in [3.05, 3.63) is 112 Å². The van der Waals surface area contributed by atoms with E-state index in [1.165, 1.54) is 11.3 Å². The van der Waals surface area contributed by atoms with Crippen molar-refractivity contribution in [1.82, 2.24) is 9.97 Å². The molecule has 0 bridgehead atoms. The molecule has 6 heteroatoms. The number of rotatable bonds is 4. The number of carbonyl (C=O) groups is 1. The SMILES string of the molecule is O=C(Nc1nc(-c2cccc3ccccc23)cs1)c1cc(-c2ccc(Br)cc2)nc2ccccc12. The van der Waals surface area contributed by atoms with E-state index in [0.29, 0.717) is 10.7 Å². The number of hydrogen-bond donors (Lipinski definition) is 1. The molecule has 0 fully saturated rings. The van der Waals surface area contributed by atoms with Gasteiger partial charge in [-0.05, 0) is 35.0 Å². The Bertz CT molecular complexity index is 1700. The molecule has 168 valence electrons. The maximum absolute atomic E-state index is 13.4. The summed E-state index contributed by atoms with van der Waals surface area (Å²) in [7, 11) is 0. The Hall–Kier alpha value is -3.87. The fraction of sp³-hybridized carbons (Fsp3) is 0. The van der Waals surface area contributed by atoms with Crippen molar-refractivity contribution in [2.24, 2.45) is 0 Å². The summed E-state index contributed by atoms with van der Waals surface area (Å²) in [5.41, 5.74) is 4.92. The van der Waals surface area contributed by atoms with Crippen LogP contribution in [0.15, 0.2) is 107 Å². The number of pyridine rings is 1. The van der Waals surface area contributed by atoms with Gasteiger partial charge in [-0.25, -0.2) is 9.97 Å². The van der Waals surface area contributed by atoms with Crippen LogP contribution >= 0.6 is 27.3 Å². The number of carbonyl (C=O) groups excluding carboxylic acids is 1. The van der Waals surface area contributed by atoms with Crippen LogP contribution in [0.2, 0.25) is 0 Å². The van der Waals surface area contributed by atoms with E-state index in [2.05, 4.69) is 45.5 Å². The van der Waals surface area contributed by atoms with E-state index < -0.39 is 0 Å². The smallest absolute Gasteiger partial charge is 0.258 e. The minimum Gasteiger partial charge on any atom is -0.298 e. The lowest BCUT2D eigenvalue weighted by atomic mass is 10.0. The van der Waals surface area contributed by atoms with Crippen molar-refractivity contribution in [2.45, 2.75) is 0 Å². The summed E-state index contributed by atoms with van der Waals surface area (Å²) in [6.07, 6.45) is 0. The van der Waals surface area contributed by atoms with Crippen molar-refractivity contribution in [2.75, 3.05) is 5.32 Å². The van der Waals surface area contributed by atoms with Gasteiger partial charge < -0.3 is 0 Å². The highest BCUT2D eigenvalue weighted by Gasteiger charge is 2.16. The molecule has 0 unspecified atom stereocenters. The molecular formula is C29H18BrN3OS. The summed E-state index contributed by atoms with van der Waals surface area (Å²) in [5.74, 6) is -0.208. The first kappa shape index (κ1) is 21.6. The van der Waals surface area contributed by atoms with Crippen molar-refractivity contribution < 1.29 is 4.79 Å². The molecule has 0 spiro atoms. The number of aromatic nitrogens is 2. The molecule has 35 heavy (non-hydrogen) atoms. The zero-order valence-electron chi connectivity index (χ0n) is 18.4. The van der Waals surface area contributed by atoms with E-state index >= 15 is 0 Å². The first-order valence-corrected chi connectivity index (χ1v) is 12.7. The van der Waals surface area contributed by atoms with Gasteiger partial charge in [-0.1, -0.05) is 88.7 Å². The third-order valence-corrected chi connectivity index (χ3v) is 7.18. The molecule has 0 saturated carbocycles. The molecular weight excluding hydrogens is 518 g/mol. The van der Waals surface area contributed by atoms with Crippen LogP contribution in [0.25, 0.3) is 44.2 Å². The molecule has 0 aliphatic heterocycles. The number of hydrogen-bond acceptors (Lipinski definition) is 4. The third-order valence-electron chi connectivity index (χ3n) is 5.89. The molecule has 2 aromatic heterocycles. The van der Waals surface area contributed by atoms with Gasteiger partial charge >= 0.3 is 0 Å². The minimum absolute atomic E-state index is 0.208. The highest BCUT2D eigenvalue weighted by molar-refractivity contribution is 9.10. The normalized spacial score (nSPS) is 11.1. The second-order valence-corrected chi connectivity index (χ2v) is 9.87. The van der Waals surface area contributed by atoms with Crippen molar-refractivity contribution in [3.8, 4) is 22.5 Å². The second kappa shape index (κ2) is 9.06. The fourth-order valence-electron chi connectivity index (χ4n) is 4.20. The van der Waals surface area contributed by atoms with E-state index in [9.17, 15) is 4.79 Å².